The molecule has 3 rings (SSSR count). The number of aromatic nitrogens is 3. The van der Waals surface area contributed by atoms with Crippen LogP contribution in [0, 0.1) is 0 Å². The summed E-state index contributed by atoms with van der Waals surface area (Å²) in [6.07, 6.45) is 1.21. The molecule has 0 unspecified atom stereocenters. The number of amides is 2. The molecule has 0 aliphatic heterocycles. The largest absolute Gasteiger partial charge is 0.476 e. The van der Waals surface area contributed by atoms with Gasteiger partial charge in [0, 0.05) is 18.0 Å². The number of imidazole rings is 1. The molecule has 0 radical (unpaired) electrons. The third-order valence-electron chi connectivity index (χ3n) is 4.08. The zero-order chi connectivity index (χ0) is 24.6. The topological polar surface area (TPSA) is 123 Å². The Hall–Kier alpha value is -3.95. The van der Waals surface area contributed by atoms with E-state index in [-0.39, 0.29) is 11.5 Å². The van der Waals surface area contributed by atoms with Crippen LogP contribution in [-0.4, -0.2) is 48.8 Å². The average molecular weight is 454 g/mol. The maximum Gasteiger partial charge on any atom is 0.425 e. The third kappa shape index (κ3) is 5.85. The van der Waals surface area contributed by atoms with Crippen molar-refractivity contribution in [3.8, 4) is 11.3 Å². The van der Waals surface area contributed by atoms with Crippen LogP contribution in [0.3, 0.4) is 0 Å². The highest BCUT2D eigenvalue weighted by Gasteiger charge is 2.33. The van der Waals surface area contributed by atoms with Gasteiger partial charge < -0.3 is 19.0 Å². The number of hydrogen-bond donors (Lipinski definition) is 1. The van der Waals surface area contributed by atoms with E-state index < -0.39 is 29.4 Å². The average Bonchev–Trinajstić information content (AvgIpc) is 3.09. The molecule has 0 bridgehead atoms. The smallest absolute Gasteiger partial charge is 0.425 e. The number of rotatable bonds is 3. The van der Waals surface area contributed by atoms with Crippen LogP contribution in [0.15, 0.2) is 42.7 Å². The van der Waals surface area contributed by atoms with E-state index in [1.807, 2.05) is 0 Å². The van der Waals surface area contributed by atoms with Crippen LogP contribution in [0.5, 0.6) is 0 Å². The molecule has 174 valence electrons. The molecular formula is C23H26N4O6. The Morgan fingerprint density at radius 3 is 2.03 bits per heavy atom. The van der Waals surface area contributed by atoms with E-state index in [9.17, 15) is 14.4 Å². The number of fused-ring (bicyclic) bond motifs is 1. The number of imide groups is 1. The lowest BCUT2D eigenvalue weighted by atomic mass is 10.2. The van der Waals surface area contributed by atoms with E-state index in [0.717, 1.165) is 4.90 Å². The van der Waals surface area contributed by atoms with E-state index in [1.54, 1.807) is 76.4 Å². The van der Waals surface area contributed by atoms with Gasteiger partial charge in [0.1, 0.15) is 22.7 Å². The fourth-order valence-corrected chi connectivity index (χ4v) is 2.83. The van der Waals surface area contributed by atoms with Crippen molar-refractivity contribution in [3.63, 3.8) is 0 Å². The fourth-order valence-electron chi connectivity index (χ4n) is 2.83. The molecule has 0 spiro atoms. The molecular weight excluding hydrogens is 428 g/mol. The molecule has 0 atom stereocenters. The first-order valence-corrected chi connectivity index (χ1v) is 10.2. The van der Waals surface area contributed by atoms with Crippen LogP contribution < -0.4 is 4.90 Å². The van der Waals surface area contributed by atoms with Crippen molar-refractivity contribution in [3.05, 3.63) is 48.4 Å². The van der Waals surface area contributed by atoms with Gasteiger partial charge in [-0.1, -0.05) is 6.07 Å². The number of anilines is 1. The Morgan fingerprint density at radius 1 is 0.879 bits per heavy atom. The Morgan fingerprint density at radius 2 is 1.48 bits per heavy atom. The van der Waals surface area contributed by atoms with Crippen LogP contribution in [0.25, 0.3) is 16.9 Å². The molecule has 0 aromatic carbocycles. The first kappa shape index (κ1) is 23.7. The highest BCUT2D eigenvalue weighted by Crippen LogP contribution is 2.25. The van der Waals surface area contributed by atoms with Gasteiger partial charge in [-0.3, -0.25) is 0 Å². The molecule has 1 N–H and O–H groups in total. The number of carboxylic acid groups (broad SMARTS) is 1. The highest BCUT2D eigenvalue weighted by molar-refractivity contribution is 6.08. The lowest BCUT2D eigenvalue weighted by molar-refractivity contribution is 0.0428. The van der Waals surface area contributed by atoms with Gasteiger partial charge in [-0.2, -0.15) is 4.90 Å². The number of carbonyl (C=O) groups is 3. The van der Waals surface area contributed by atoms with Crippen LogP contribution in [0.2, 0.25) is 0 Å². The molecule has 0 saturated carbocycles. The lowest BCUT2D eigenvalue weighted by Crippen LogP contribution is -2.44. The van der Waals surface area contributed by atoms with Gasteiger partial charge in [-0.25, -0.2) is 24.4 Å². The number of nitrogens with zero attached hydrogens (tertiary/aromatic N) is 4. The minimum Gasteiger partial charge on any atom is -0.476 e. The second-order valence-electron chi connectivity index (χ2n) is 9.29. The van der Waals surface area contributed by atoms with Crippen molar-refractivity contribution in [2.75, 3.05) is 4.90 Å². The van der Waals surface area contributed by atoms with Crippen LogP contribution in [0.4, 0.5) is 15.4 Å². The molecule has 10 nitrogen and oxygen atoms in total. The van der Waals surface area contributed by atoms with Crippen molar-refractivity contribution in [1.29, 1.82) is 0 Å². The normalized spacial score (nSPS) is 11.8. The maximum absolute atomic E-state index is 12.9. The van der Waals surface area contributed by atoms with Crippen molar-refractivity contribution < 1.29 is 29.0 Å². The number of hydrogen-bond acceptors (Lipinski definition) is 7. The highest BCUT2D eigenvalue weighted by atomic mass is 16.6. The number of ether oxygens (including phenoxy) is 2. The van der Waals surface area contributed by atoms with Gasteiger partial charge >= 0.3 is 18.2 Å². The van der Waals surface area contributed by atoms with Crippen molar-refractivity contribution in [2.24, 2.45) is 0 Å². The maximum atomic E-state index is 12.9. The first-order valence-electron chi connectivity index (χ1n) is 10.2. The van der Waals surface area contributed by atoms with E-state index >= 15 is 0 Å². The first-order chi connectivity index (χ1) is 15.2. The summed E-state index contributed by atoms with van der Waals surface area (Å²) in [4.78, 5) is 46.2. The molecule has 33 heavy (non-hydrogen) atoms. The zero-order valence-corrected chi connectivity index (χ0v) is 19.3. The van der Waals surface area contributed by atoms with Crippen LogP contribution in [0.1, 0.15) is 52.0 Å². The van der Waals surface area contributed by atoms with Gasteiger partial charge in [0.2, 0.25) is 0 Å². The summed E-state index contributed by atoms with van der Waals surface area (Å²) < 4.78 is 12.4. The summed E-state index contributed by atoms with van der Waals surface area (Å²) in [5.41, 5.74) is -0.262. The molecule has 3 aromatic heterocycles. The summed E-state index contributed by atoms with van der Waals surface area (Å²) in [5.74, 6) is -1.11. The number of aromatic carboxylic acids is 1. The van der Waals surface area contributed by atoms with E-state index in [1.165, 1.54) is 12.3 Å². The summed E-state index contributed by atoms with van der Waals surface area (Å²) in [6, 6.07) is 8.19. The fraction of sp³-hybridized carbons (Fsp3) is 0.348. The van der Waals surface area contributed by atoms with E-state index in [0.29, 0.717) is 16.9 Å². The summed E-state index contributed by atoms with van der Waals surface area (Å²) >= 11 is 0. The number of carbonyl (C=O) groups excluding carboxylic acids is 2. The van der Waals surface area contributed by atoms with Crippen molar-refractivity contribution in [2.45, 2.75) is 52.7 Å². The van der Waals surface area contributed by atoms with Gasteiger partial charge in [-0.05, 0) is 65.8 Å². The lowest BCUT2D eigenvalue weighted by Gasteiger charge is -2.28. The Labute approximate surface area is 190 Å². The van der Waals surface area contributed by atoms with Gasteiger partial charge in [-0.15, -0.1) is 0 Å². The molecule has 3 aromatic rings. The van der Waals surface area contributed by atoms with Gasteiger partial charge in [0.15, 0.2) is 5.69 Å². The van der Waals surface area contributed by atoms with E-state index in [2.05, 4.69) is 9.97 Å². The molecule has 0 saturated heterocycles. The standard InChI is InChI=1S/C23H26N4O6/c1-22(2,3)32-20(30)27(21(31)33-23(4,5)6)18-9-7-8-15(24-18)14-10-11-17-25-16(19(28)29)13-26(17)12-14/h7-13H,1-6H3,(H,28,29). The zero-order valence-electron chi connectivity index (χ0n) is 19.3. The molecule has 0 aliphatic rings. The predicted octanol–water partition coefficient (Wildman–Crippen LogP) is 4.77. The Bertz CT molecular complexity index is 1190. The SMILES string of the molecule is CC(C)(C)OC(=O)N(C(=O)OC(C)(C)C)c1cccc(-c2ccc3nc(C(=O)O)cn3c2)n1. The Balaban J connectivity index is 2.02. The summed E-state index contributed by atoms with van der Waals surface area (Å²) in [7, 11) is 0. The molecule has 10 heteroatoms. The van der Waals surface area contributed by atoms with Crippen molar-refractivity contribution >= 4 is 29.6 Å². The molecule has 2 amide bonds. The molecule has 3 heterocycles. The number of pyridine rings is 2. The Kier molecular flexibility index (Phi) is 6.13. The van der Waals surface area contributed by atoms with Crippen LogP contribution >= 0.6 is 0 Å². The van der Waals surface area contributed by atoms with Crippen LogP contribution in [-0.2, 0) is 9.47 Å². The minimum absolute atomic E-state index is 0.0213. The molecule has 0 fully saturated rings. The van der Waals surface area contributed by atoms with Crippen molar-refractivity contribution in [1.82, 2.24) is 14.4 Å². The van der Waals surface area contributed by atoms with Gasteiger partial charge in [0.25, 0.3) is 0 Å². The minimum atomic E-state index is -1.13. The van der Waals surface area contributed by atoms with Gasteiger partial charge in [0.05, 0.1) is 5.69 Å². The second kappa shape index (κ2) is 8.53. The second-order valence-corrected chi connectivity index (χ2v) is 9.29. The molecule has 0 aliphatic carbocycles. The number of carboxylic acids is 1. The quantitative estimate of drug-likeness (QED) is 0.600. The van der Waals surface area contributed by atoms with E-state index in [4.69, 9.17) is 14.6 Å². The third-order valence-corrected chi connectivity index (χ3v) is 4.08. The predicted molar refractivity (Wildman–Crippen MR) is 120 cm³/mol. The monoisotopic (exact) mass is 454 g/mol. The summed E-state index contributed by atoms with van der Waals surface area (Å²) in [6.45, 7) is 10.1. The summed E-state index contributed by atoms with van der Waals surface area (Å²) in [5, 5.41) is 9.15.